The van der Waals surface area contributed by atoms with Crippen molar-refractivity contribution in [1.82, 2.24) is 10.2 Å². The highest BCUT2D eigenvalue weighted by Crippen LogP contribution is 2.41. The van der Waals surface area contributed by atoms with Gasteiger partial charge in [-0.2, -0.15) is 0 Å². The van der Waals surface area contributed by atoms with Crippen LogP contribution in [0.3, 0.4) is 0 Å². The molecule has 3 rings (SSSR count). The summed E-state index contributed by atoms with van der Waals surface area (Å²) < 4.78 is 6.01. The summed E-state index contributed by atoms with van der Waals surface area (Å²) in [5, 5.41) is 3.16. The molecule has 156 valence electrons. The number of likely N-dealkylation sites (N-methyl/N-ethyl adjacent to an activating group) is 1. The van der Waals surface area contributed by atoms with Gasteiger partial charge >= 0.3 is 0 Å². The van der Waals surface area contributed by atoms with Crippen LogP contribution in [0.4, 0.5) is 0 Å². The molecule has 0 aliphatic heterocycles. The van der Waals surface area contributed by atoms with Crippen LogP contribution < -0.4 is 15.8 Å². The molecule has 28 heavy (non-hydrogen) atoms. The van der Waals surface area contributed by atoms with Gasteiger partial charge in [0.25, 0.3) is 0 Å². The largest absolute Gasteiger partial charge is 0.492 e. The van der Waals surface area contributed by atoms with Crippen LogP contribution in [-0.4, -0.2) is 43.1 Å². The first-order chi connectivity index (χ1) is 13.6. The smallest absolute Gasteiger partial charge is 0.223 e. The van der Waals surface area contributed by atoms with Crippen LogP contribution in [0.1, 0.15) is 51.5 Å². The van der Waals surface area contributed by atoms with E-state index in [1.807, 2.05) is 24.3 Å². The Morgan fingerprint density at radius 3 is 2.54 bits per heavy atom. The minimum Gasteiger partial charge on any atom is -0.492 e. The number of benzene rings is 1. The summed E-state index contributed by atoms with van der Waals surface area (Å²) in [5.74, 6) is 2.22. The Labute approximate surface area is 170 Å². The summed E-state index contributed by atoms with van der Waals surface area (Å²) in [5.41, 5.74) is 7.41. The van der Waals surface area contributed by atoms with Gasteiger partial charge in [0.2, 0.25) is 5.91 Å². The van der Waals surface area contributed by atoms with Gasteiger partial charge < -0.3 is 20.7 Å². The summed E-state index contributed by atoms with van der Waals surface area (Å²) >= 11 is 0. The normalized spacial score (nSPS) is 26.9. The minimum atomic E-state index is 0.117. The number of fused-ring (bicyclic) bond motifs is 2. The molecule has 0 heterocycles. The molecule has 0 radical (unpaired) electrons. The number of nitrogens with one attached hydrogen (secondary N) is 1. The summed E-state index contributed by atoms with van der Waals surface area (Å²) in [7, 11) is 0. The molecule has 2 aliphatic rings. The molecule has 1 aromatic rings. The summed E-state index contributed by atoms with van der Waals surface area (Å²) in [6, 6.07) is 8.33. The molecule has 1 amide bonds. The van der Waals surface area contributed by atoms with Crippen LogP contribution in [0, 0.1) is 17.8 Å². The number of hydrogen-bond donors (Lipinski definition) is 2. The maximum Gasteiger partial charge on any atom is 0.223 e. The van der Waals surface area contributed by atoms with E-state index in [4.69, 9.17) is 10.5 Å². The average Bonchev–Trinajstić information content (AvgIpc) is 2.70. The van der Waals surface area contributed by atoms with Crippen molar-refractivity contribution >= 4 is 5.91 Å². The molecule has 2 unspecified atom stereocenters. The molecule has 0 aromatic heterocycles. The van der Waals surface area contributed by atoms with Gasteiger partial charge in [0.1, 0.15) is 12.4 Å². The maximum absolute atomic E-state index is 12.8. The first-order valence-electron chi connectivity index (χ1n) is 11.1. The van der Waals surface area contributed by atoms with Crippen LogP contribution in [0.5, 0.6) is 5.75 Å². The van der Waals surface area contributed by atoms with E-state index >= 15 is 0 Å². The number of carbonyl (C=O) groups is 1. The highest BCUT2D eigenvalue weighted by atomic mass is 16.5. The predicted octanol–water partition coefficient (Wildman–Crippen LogP) is 3.18. The zero-order valence-electron chi connectivity index (χ0n) is 17.5. The van der Waals surface area contributed by atoms with Crippen molar-refractivity contribution < 1.29 is 9.53 Å². The van der Waals surface area contributed by atoms with Crippen molar-refractivity contribution in [3.63, 3.8) is 0 Å². The van der Waals surface area contributed by atoms with Crippen molar-refractivity contribution in [2.45, 2.75) is 58.5 Å². The summed E-state index contributed by atoms with van der Waals surface area (Å²) in [4.78, 5) is 15.1. The number of rotatable bonds is 9. The van der Waals surface area contributed by atoms with E-state index in [2.05, 4.69) is 24.1 Å². The van der Waals surface area contributed by atoms with Gasteiger partial charge in [0.05, 0.1) is 0 Å². The fourth-order valence-electron chi connectivity index (χ4n) is 4.95. The first kappa shape index (κ1) is 21.1. The molecule has 1 aromatic carbocycles. The van der Waals surface area contributed by atoms with Gasteiger partial charge in [-0.1, -0.05) is 38.5 Å². The van der Waals surface area contributed by atoms with Crippen LogP contribution >= 0.6 is 0 Å². The quantitative estimate of drug-likeness (QED) is 0.683. The predicted molar refractivity (Wildman–Crippen MR) is 113 cm³/mol. The molecule has 2 fully saturated rings. The Hall–Kier alpha value is -1.59. The van der Waals surface area contributed by atoms with E-state index in [0.29, 0.717) is 31.0 Å². The lowest BCUT2D eigenvalue weighted by atomic mass is 9.65. The first-order valence-corrected chi connectivity index (χ1v) is 11.1. The van der Waals surface area contributed by atoms with Crippen molar-refractivity contribution in [2.75, 3.05) is 26.2 Å². The third-order valence-corrected chi connectivity index (χ3v) is 6.77. The van der Waals surface area contributed by atoms with Crippen LogP contribution in [-0.2, 0) is 11.3 Å². The third-order valence-electron chi connectivity index (χ3n) is 6.77. The molecular weight excluding hydrogens is 350 g/mol. The number of carbonyl (C=O) groups excluding carboxylic acids is 1. The number of para-hydroxylation sites is 1. The average molecular weight is 388 g/mol. The molecule has 2 aliphatic carbocycles. The fourth-order valence-corrected chi connectivity index (χ4v) is 4.95. The van der Waals surface area contributed by atoms with E-state index in [1.165, 1.54) is 19.3 Å². The lowest BCUT2D eigenvalue weighted by molar-refractivity contribution is -0.128. The van der Waals surface area contributed by atoms with Crippen molar-refractivity contribution in [1.29, 1.82) is 0 Å². The standard InChI is InChI=1S/C23H37N3O2/c1-3-26(4-2)12-13-28-21-11-6-5-8-19(21)16-25-23(27)20-14-17-9-7-10-18(15-20)22(17)24/h5-6,8,11,17-18,20,22H,3-4,7,9-10,12-16,24H2,1-2H3,(H,25,27). The van der Waals surface area contributed by atoms with Crippen molar-refractivity contribution in [3.8, 4) is 5.75 Å². The fraction of sp³-hybridized carbons (Fsp3) is 0.696. The minimum absolute atomic E-state index is 0.117. The molecule has 0 saturated heterocycles. The monoisotopic (exact) mass is 387 g/mol. The lowest BCUT2D eigenvalue weighted by Gasteiger charge is -2.43. The SMILES string of the molecule is CCN(CC)CCOc1ccccc1CNC(=O)C1CC2CCCC(C1)C2N. The second kappa shape index (κ2) is 10.3. The third kappa shape index (κ3) is 5.26. The molecule has 2 saturated carbocycles. The molecule has 5 heteroatoms. The van der Waals surface area contributed by atoms with E-state index in [0.717, 1.165) is 43.8 Å². The zero-order chi connectivity index (χ0) is 19.9. The Balaban J connectivity index is 1.51. The molecule has 5 nitrogen and oxygen atoms in total. The lowest BCUT2D eigenvalue weighted by Crippen LogP contribution is -2.49. The van der Waals surface area contributed by atoms with Crippen molar-refractivity contribution in [2.24, 2.45) is 23.5 Å². The van der Waals surface area contributed by atoms with Gasteiger partial charge in [-0.05, 0) is 56.7 Å². The molecule has 2 atom stereocenters. The molecular formula is C23H37N3O2. The van der Waals surface area contributed by atoms with Gasteiger partial charge in [-0.15, -0.1) is 0 Å². The van der Waals surface area contributed by atoms with Crippen LogP contribution in [0.25, 0.3) is 0 Å². The van der Waals surface area contributed by atoms with E-state index in [1.54, 1.807) is 0 Å². The number of nitrogens with zero attached hydrogens (tertiary/aromatic N) is 1. The van der Waals surface area contributed by atoms with E-state index in [9.17, 15) is 4.79 Å². The summed E-state index contributed by atoms with van der Waals surface area (Å²) in [6.45, 7) is 8.50. The second-order valence-electron chi connectivity index (χ2n) is 8.40. The number of amides is 1. The zero-order valence-corrected chi connectivity index (χ0v) is 17.5. The van der Waals surface area contributed by atoms with Gasteiger partial charge in [-0.25, -0.2) is 0 Å². The van der Waals surface area contributed by atoms with E-state index in [-0.39, 0.29) is 11.8 Å². The van der Waals surface area contributed by atoms with Gasteiger partial charge in [0.15, 0.2) is 0 Å². The number of hydrogen-bond acceptors (Lipinski definition) is 4. The highest BCUT2D eigenvalue weighted by Gasteiger charge is 2.40. The number of ether oxygens (including phenoxy) is 1. The Bertz CT molecular complexity index is 618. The Kier molecular flexibility index (Phi) is 7.74. The molecule has 3 N–H and O–H groups in total. The Morgan fingerprint density at radius 1 is 1.18 bits per heavy atom. The van der Waals surface area contributed by atoms with Crippen molar-refractivity contribution in [3.05, 3.63) is 29.8 Å². The highest BCUT2D eigenvalue weighted by molar-refractivity contribution is 5.78. The molecule has 2 bridgehead atoms. The second-order valence-corrected chi connectivity index (χ2v) is 8.40. The maximum atomic E-state index is 12.8. The van der Waals surface area contributed by atoms with Gasteiger partial charge in [-0.3, -0.25) is 4.79 Å². The Morgan fingerprint density at radius 2 is 1.86 bits per heavy atom. The van der Waals surface area contributed by atoms with Crippen LogP contribution in [0.2, 0.25) is 0 Å². The summed E-state index contributed by atoms with van der Waals surface area (Å²) in [6.07, 6.45) is 5.54. The van der Waals surface area contributed by atoms with Gasteiger partial charge in [0, 0.05) is 30.6 Å². The molecule has 0 spiro atoms. The number of nitrogens with two attached hydrogens (primary N) is 1. The topological polar surface area (TPSA) is 67.6 Å². The van der Waals surface area contributed by atoms with E-state index < -0.39 is 0 Å². The van der Waals surface area contributed by atoms with Crippen LogP contribution in [0.15, 0.2) is 24.3 Å².